The molecular weight excluding hydrogens is 238 g/mol. The van der Waals surface area contributed by atoms with Gasteiger partial charge >= 0.3 is 0 Å². The molecule has 1 N–H and O–H groups in total. The molecule has 17 heavy (non-hydrogen) atoms. The molecule has 0 aliphatic carbocycles. The molecule has 0 aromatic rings. The zero-order valence-corrected chi connectivity index (χ0v) is 11.9. The Bertz CT molecular complexity index is 268. The second kappa shape index (κ2) is 6.07. The van der Waals surface area contributed by atoms with Crippen molar-refractivity contribution in [2.24, 2.45) is 5.92 Å². The van der Waals surface area contributed by atoms with Crippen molar-refractivity contribution in [1.29, 1.82) is 0 Å². The number of carbonyl (C=O) groups excluding carboxylic acids is 1. The van der Waals surface area contributed by atoms with Crippen molar-refractivity contribution in [3.8, 4) is 0 Å². The van der Waals surface area contributed by atoms with Gasteiger partial charge in [-0.1, -0.05) is 13.8 Å². The molecule has 1 heterocycles. The Kier molecular flexibility index (Phi) is 5.28. The summed E-state index contributed by atoms with van der Waals surface area (Å²) in [5.74, 6) is 1.27. The predicted octanol–water partition coefficient (Wildman–Crippen LogP) is 0.984. The summed E-state index contributed by atoms with van der Waals surface area (Å²) in [7, 11) is 1.49. The molecule has 0 bridgehead atoms. The lowest BCUT2D eigenvalue weighted by Gasteiger charge is -2.37. The highest BCUT2D eigenvalue weighted by Crippen LogP contribution is 2.26. The lowest BCUT2D eigenvalue weighted by molar-refractivity contribution is -0.154. The standard InChI is InChI=1S/C12H23NO3S/c1-9(2)10-7-13(5-6-17-10)11(14)12(3,15)8-16-4/h9-10,15H,5-8H2,1-4H3/t10-,12-/m1/s1. The Morgan fingerprint density at radius 2 is 2.29 bits per heavy atom. The second-order valence-corrected chi connectivity index (χ2v) is 6.46. The van der Waals surface area contributed by atoms with Crippen LogP contribution in [-0.4, -0.2) is 59.3 Å². The van der Waals surface area contributed by atoms with Crippen LogP contribution in [0, 0.1) is 5.92 Å². The van der Waals surface area contributed by atoms with E-state index in [1.54, 1.807) is 4.90 Å². The number of hydrogen-bond donors (Lipinski definition) is 1. The molecule has 0 aromatic carbocycles. The summed E-state index contributed by atoms with van der Waals surface area (Å²) in [6.07, 6.45) is 0. The topological polar surface area (TPSA) is 49.8 Å². The molecule has 1 aliphatic heterocycles. The van der Waals surface area contributed by atoms with Crippen molar-refractivity contribution in [2.45, 2.75) is 31.6 Å². The number of rotatable bonds is 4. The molecule has 100 valence electrons. The summed E-state index contributed by atoms with van der Waals surface area (Å²) >= 11 is 1.91. The monoisotopic (exact) mass is 261 g/mol. The first kappa shape index (κ1) is 14.8. The molecular formula is C12H23NO3S. The molecule has 1 amide bonds. The van der Waals surface area contributed by atoms with E-state index in [0.717, 1.165) is 12.3 Å². The quantitative estimate of drug-likeness (QED) is 0.820. The van der Waals surface area contributed by atoms with Gasteiger partial charge in [-0.25, -0.2) is 0 Å². The number of hydrogen-bond acceptors (Lipinski definition) is 4. The van der Waals surface area contributed by atoms with Crippen LogP contribution < -0.4 is 0 Å². The summed E-state index contributed by atoms with van der Waals surface area (Å²) in [6, 6.07) is 0. The van der Waals surface area contributed by atoms with Gasteiger partial charge in [-0.2, -0.15) is 11.8 Å². The molecule has 0 spiro atoms. The number of methoxy groups -OCH3 is 1. The van der Waals surface area contributed by atoms with Gasteiger partial charge in [0.1, 0.15) is 0 Å². The maximum Gasteiger partial charge on any atom is 0.256 e. The van der Waals surface area contributed by atoms with Crippen molar-refractivity contribution in [1.82, 2.24) is 4.90 Å². The van der Waals surface area contributed by atoms with Crippen molar-refractivity contribution in [3.63, 3.8) is 0 Å². The van der Waals surface area contributed by atoms with E-state index < -0.39 is 5.60 Å². The summed E-state index contributed by atoms with van der Waals surface area (Å²) in [6.45, 7) is 7.33. The van der Waals surface area contributed by atoms with Crippen molar-refractivity contribution in [3.05, 3.63) is 0 Å². The molecule has 0 radical (unpaired) electrons. The Hall–Kier alpha value is -0.260. The highest BCUT2D eigenvalue weighted by molar-refractivity contribution is 8.00. The smallest absolute Gasteiger partial charge is 0.256 e. The van der Waals surface area contributed by atoms with Crippen LogP contribution >= 0.6 is 11.8 Å². The Morgan fingerprint density at radius 3 is 2.82 bits per heavy atom. The van der Waals surface area contributed by atoms with E-state index in [9.17, 15) is 9.90 Å². The highest BCUT2D eigenvalue weighted by atomic mass is 32.2. The van der Waals surface area contributed by atoms with Gasteiger partial charge in [-0.05, 0) is 12.8 Å². The third-order valence-corrected chi connectivity index (χ3v) is 4.55. The molecule has 1 rings (SSSR count). The van der Waals surface area contributed by atoms with Gasteiger partial charge < -0.3 is 14.7 Å². The van der Waals surface area contributed by atoms with Gasteiger partial charge in [0.2, 0.25) is 0 Å². The molecule has 2 atom stereocenters. The predicted molar refractivity (Wildman–Crippen MR) is 70.2 cm³/mol. The first-order valence-electron chi connectivity index (χ1n) is 6.00. The number of carbonyl (C=O) groups is 1. The van der Waals surface area contributed by atoms with E-state index in [-0.39, 0.29) is 12.5 Å². The summed E-state index contributed by atoms with van der Waals surface area (Å²) in [5, 5.41) is 10.5. The number of thioether (sulfide) groups is 1. The van der Waals surface area contributed by atoms with Gasteiger partial charge in [0.25, 0.3) is 5.91 Å². The Labute approximate surface area is 108 Å². The maximum atomic E-state index is 12.2. The van der Waals surface area contributed by atoms with E-state index in [1.807, 2.05) is 11.8 Å². The summed E-state index contributed by atoms with van der Waals surface area (Å²) < 4.78 is 4.89. The third kappa shape index (κ3) is 3.86. The molecule has 1 saturated heterocycles. The van der Waals surface area contributed by atoms with E-state index in [1.165, 1.54) is 14.0 Å². The van der Waals surface area contributed by atoms with Crippen LogP contribution in [0.2, 0.25) is 0 Å². The maximum absolute atomic E-state index is 12.2. The molecule has 0 unspecified atom stereocenters. The fourth-order valence-corrected chi connectivity index (χ4v) is 3.25. The van der Waals surface area contributed by atoms with Gasteiger partial charge in [0.15, 0.2) is 5.60 Å². The molecule has 5 heteroatoms. The van der Waals surface area contributed by atoms with Crippen LogP contribution in [0.25, 0.3) is 0 Å². The van der Waals surface area contributed by atoms with Crippen LogP contribution in [-0.2, 0) is 9.53 Å². The Morgan fingerprint density at radius 1 is 1.65 bits per heavy atom. The fourth-order valence-electron chi connectivity index (χ4n) is 1.95. The minimum absolute atomic E-state index is 0.0435. The first-order valence-corrected chi connectivity index (χ1v) is 7.05. The molecule has 1 fully saturated rings. The second-order valence-electron chi connectivity index (χ2n) is 5.11. The van der Waals surface area contributed by atoms with Crippen LogP contribution in [0.4, 0.5) is 0 Å². The molecule has 0 aromatic heterocycles. The fraction of sp³-hybridized carbons (Fsp3) is 0.917. The normalized spacial score (nSPS) is 24.8. The minimum atomic E-state index is -1.40. The van der Waals surface area contributed by atoms with E-state index in [0.29, 0.717) is 17.7 Å². The SMILES string of the molecule is COC[C@@](C)(O)C(=O)N1CCS[C@@H](C(C)C)C1. The summed E-state index contributed by atoms with van der Waals surface area (Å²) in [5.41, 5.74) is -1.40. The van der Waals surface area contributed by atoms with Gasteiger partial charge in [0.05, 0.1) is 6.61 Å². The number of nitrogens with zero attached hydrogens (tertiary/aromatic N) is 1. The third-order valence-electron chi connectivity index (χ3n) is 3.01. The zero-order valence-electron chi connectivity index (χ0n) is 11.1. The average molecular weight is 261 g/mol. The number of ether oxygens (including phenoxy) is 1. The zero-order chi connectivity index (χ0) is 13.1. The average Bonchev–Trinajstić information content (AvgIpc) is 2.28. The molecule has 1 aliphatic rings. The van der Waals surface area contributed by atoms with Crippen LogP contribution in [0.3, 0.4) is 0 Å². The molecule has 0 saturated carbocycles. The largest absolute Gasteiger partial charge is 0.381 e. The van der Waals surface area contributed by atoms with Gasteiger partial charge in [-0.3, -0.25) is 4.79 Å². The van der Waals surface area contributed by atoms with Crippen LogP contribution in [0.15, 0.2) is 0 Å². The Balaban J connectivity index is 2.63. The van der Waals surface area contributed by atoms with Crippen molar-refractivity contribution in [2.75, 3.05) is 32.6 Å². The van der Waals surface area contributed by atoms with Crippen LogP contribution in [0.1, 0.15) is 20.8 Å². The lowest BCUT2D eigenvalue weighted by Crippen LogP contribution is -2.54. The van der Waals surface area contributed by atoms with Crippen molar-refractivity contribution >= 4 is 17.7 Å². The number of amides is 1. The van der Waals surface area contributed by atoms with E-state index in [2.05, 4.69) is 13.8 Å². The molecule has 4 nitrogen and oxygen atoms in total. The lowest BCUT2D eigenvalue weighted by atomic mass is 10.0. The first-order chi connectivity index (χ1) is 7.88. The minimum Gasteiger partial charge on any atom is -0.381 e. The van der Waals surface area contributed by atoms with Gasteiger partial charge in [0, 0.05) is 31.2 Å². The van der Waals surface area contributed by atoms with E-state index >= 15 is 0 Å². The summed E-state index contributed by atoms with van der Waals surface area (Å²) in [4.78, 5) is 13.9. The highest BCUT2D eigenvalue weighted by Gasteiger charge is 2.37. The van der Waals surface area contributed by atoms with E-state index in [4.69, 9.17) is 4.74 Å². The number of aliphatic hydroxyl groups is 1. The van der Waals surface area contributed by atoms with Crippen molar-refractivity contribution < 1.29 is 14.6 Å². The van der Waals surface area contributed by atoms with Gasteiger partial charge in [-0.15, -0.1) is 0 Å². The van der Waals surface area contributed by atoms with Crippen LogP contribution in [0.5, 0.6) is 0 Å².